The van der Waals surface area contributed by atoms with Gasteiger partial charge in [0.25, 0.3) is 0 Å². The average Bonchev–Trinajstić information content (AvgIpc) is 2.64. The molecule has 1 aliphatic heterocycles. The van der Waals surface area contributed by atoms with E-state index in [0.29, 0.717) is 13.2 Å². The van der Waals surface area contributed by atoms with Gasteiger partial charge in [0.15, 0.2) is 0 Å². The van der Waals surface area contributed by atoms with E-state index in [4.69, 9.17) is 4.74 Å². The van der Waals surface area contributed by atoms with Gasteiger partial charge in [0, 0.05) is 57.3 Å². The summed E-state index contributed by atoms with van der Waals surface area (Å²) >= 11 is 0. The van der Waals surface area contributed by atoms with E-state index in [1.807, 2.05) is 6.07 Å². The Balaban J connectivity index is 1.58. The minimum Gasteiger partial charge on any atom is -0.383 e. The number of aromatic nitrogens is 2. The molecule has 1 saturated heterocycles. The average molecular weight is 342 g/mol. The largest absolute Gasteiger partial charge is 0.383 e. The molecular weight excluding hydrogens is 316 g/mol. The third-order valence-corrected chi connectivity index (χ3v) is 4.29. The zero-order valence-electron chi connectivity index (χ0n) is 14.9. The number of nitrogens with one attached hydrogen (secondary N) is 2. The van der Waals surface area contributed by atoms with Gasteiger partial charge in [0.2, 0.25) is 0 Å². The summed E-state index contributed by atoms with van der Waals surface area (Å²) in [6.07, 6.45) is 1.55. The van der Waals surface area contributed by atoms with Crippen molar-refractivity contribution in [3.05, 3.63) is 36.7 Å². The molecule has 134 valence electrons. The van der Waals surface area contributed by atoms with Gasteiger partial charge >= 0.3 is 0 Å². The molecule has 2 aromatic rings. The molecule has 3 rings (SSSR count). The summed E-state index contributed by atoms with van der Waals surface area (Å²) in [5.41, 5.74) is 2.28. The number of nitrogens with zero attached hydrogens (tertiary/aromatic N) is 4. The fourth-order valence-corrected chi connectivity index (χ4v) is 2.77. The van der Waals surface area contributed by atoms with Crippen molar-refractivity contribution in [2.45, 2.75) is 0 Å². The second kappa shape index (κ2) is 8.64. The molecule has 0 unspecified atom stereocenters. The molecule has 0 saturated carbocycles. The molecule has 2 heterocycles. The van der Waals surface area contributed by atoms with Crippen LogP contribution in [0.5, 0.6) is 0 Å². The molecule has 0 atom stereocenters. The fraction of sp³-hybridized carbons (Fsp3) is 0.444. The lowest BCUT2D eigenvalue weighted by Crippen LogP contribution is -2.44. The second-order valence-electron chi connectivity index (χ2n) is 6.17. The Morgan fingerprint density at radius 1 is 1.04 bits per heavy atom. The van der Waals surface area contributed by atoms with E-state index in [2.05, 4.69) is 61.7 Å². The predicted octanol–water partition coefficient (Wildman–Crippen LogP) is 2.03. The molecule has 1 aromatic heterocycles. The number of anilines is 4. The van der Waals surface area contributed by atoms with Crippen LogP contribution in [0.1, 0.15) is 0 Å². The van der Waals surface area contributed by atoms with Gasteiger partial charge in [-0.2, -0.15) is 0 Å². The molecular formula is C18H26N6O. The van der Waals surface area contributed by atoms with Crippen molar-refractivity contribution in [2.24, 2.45) is 0 Å². The SMILES string of the molecule is COCCNc1cc(Nc2ccc(N3CCN(C)CC3)cc2)ncn1. The van der Waals surface area contributed by atoms with Crippen molar-refractivity contribution in [1.82, 2.24) is 14.9 Å². The molecule has 0 aliphatic carbocycles. The maximum Gasteiger partial charge on any atom is 0.135 e. The predicted molar refractivity (Wildman–Crippen MR) is 102 cm³/mol. The topological polar surface area (TPSA) is 65.6 Å². The summed E-state index contributed by atoms with van der Waals surface area (Å²) in [5, 5.41) is 6.52. The lowest BCUT2D eigenvalue weighted by atomic mass is 10.2. The number of hydrogen-bond acceptors (Lipinski definition) is 7. The number of likely N-dealkylation sites (N-methyl/N-ethyl adjacent to an activating group) is 1. The van der Waals surface area contributed by atoms with Crippen molar-refractivity contribution >= 4 is 23.0 Å². The van der Waals surface area contributed by atoms with Gasteiger partial charge < -0.3 is 25.2 Å². The Bertz CT molecular complexity index is 655. The molecule has 0 radical (unpaired) electrons. The van der Waals surface area contributed by atoms with Gasteiger partial charge in [0.1, 0.15) is 18.0 Å². The van der Waals surface area contributed by atoms with Gasteiger partial charge in [0.05, 0.1) is 6.61 Å². The fourth-order valence-electron chi connectivity index (χ4n) is 2.77. The van der Waals surface area contributed by atoms with Crippen LogP contribution >= 0.6 is 0 Å². The molecule has 7 nitrogen and oxygen atoms in total. The van der Waals surface area contributed by atoms with Gasteiger partial charge in [-0.3, -0.25) is 0 Å². The third-order valence-electron chi connectivity index (χ3n) is 4.29. The number of hydrogen-bond donors (Lipinski definition) is 2. The standard InChI is InChI=1S/C18H26N6O/c1-23-8-10-24(11-9-23)16-5-3-15(4-6-16)22-18-13-17(20-14-21-18)19-7-12-25-2/h3-6,13-14H,7-12H2,1-2H3,(H2,19,20,21,22). The van der Waals surface area contributed by atoms with E-state index in [1.165, 1.54) is 5.69 Å². The van der Waals surface area contributed by atoms with E-state index in [0.717, 1.165) is 43.5 Å². The highest BCUT2D eigenvalue weighted by Crippen LogP contribution is 2.21. The maximum atomic E-state index is 5.03. The number of piperazine rings is 1. The monoisotopic (exact) mass is 342 g/mol. The van der Waals surface area contributed by atoms with Gasteiger partial charge in [-0.15, -0.1) is 0 Å². The lowest BCUT2D eigenvalue weighted by molar-refractivity contribution is 0.210. The zero-order valence-corrected chi connectivity index (χ0v) is 14.9. The van der Waals surface area contributed by atoms with Gasteiger partial charge in [-0.1, -0.05) is 0 Å². The Labute approximate surface area is 149 Å². The molecule has 1 fully saturated rings. The van der Waals surface area contributed by atoms with Crippen molar-refractivity contribution in [3.63, 3.8) is 0 Å². The first-order valence-electron chi connectivity index (χ1n) is 8.60. The number of benzene rings is 1. The molecule has 1 aromatic carbocycles. The normalized spacial score (nSPS) is 15.2. The summed E-state index contributed by atoms with van der Waals surface area (Å²) in [6.45, 7) is 5.73. The van der Waals surface area contributed by atoms with Crippen LogP contribution in [0.25, 0.3) is 0 Å². The number of ether oxygens (including phenoxy) is 1. The van der Waals surface area contributed by atoms with E-state index >= 15 is 0 Å². The number of rotatable bonds is 7. The molecule has 2 N–H and O–H groups in total. The van der Waals surface area contributed by atoms with Crippen LogP contribution in [0.3, 0.4) is 0 Å². The minimum absolute atomic E-state index is 0.639. The van der Waals surface area contributed by atoms with Crippen LogP contribution in [-0.4, -0.2) is 68.4 Å². The Hall–Kier alpha value is -2.38. The molecule has 0 spiro atoms. The van der Waals surface area contributed by atoms with Crippen LogP contribution < -0.4 is 15.5 Å². The van der Waals surface area contributed by atoms with Crippen molar-refractivity contribution in [2.75, 3.05) is 69.0 Å². The molecule has 0 amide bonds. The minimum atomic E-state index is 0.639. The van der Waals surface area contributed by atoms with Crippen LogP contribution in [0.4, 0.5) is 23.0 Å². The quantitative estimate of drug-likeness (QED) is 0.746. The Kier molecular flexibility index (Phi) is 6.03. The smallest absolute Gasteiger partial charge is 0.135 e. The third kappa shape index (κ3) is 5.04. The van der Waals surface area contributed by atoms with E-state index < -0.39 is 0 Å². The van der Waals surface area contributed by atoms with Crippen LogP contribution in [0.2, 0.25) is 0 Å². The van der Waals surface area contributed by atoms with E-state index in [1.54, 1.807) is 13.4 Å². The number of methoxy groups -OCH3 is 1. The van der Waals surface area contributed by atoms with Crippen molar-refractivity contribution < 1.29 is 4.74 Å². The molecule has 0 bridgehead atoms. The highest BCUT2D eigenvalue weighted by molar-refractivity contribution is 5.62. The van der Waals surface area contributed by atoms with E-state index in [-0.39, 0.29) is 0 Å². The van der Waals surface area contributed by atoms with Crippen molar-refractivity contribution in [3.8, 4) is 0 Å². The van der Waals surface area contributed by atoms with Crippen LogP contribution in [-0.2, 0) is 4.74 Å². The lowest BCUT2D eigenvalue weighted by Gasteiger charge is -2.34. The van der Waals surface area contributed by atoms with Gasteiger partial charge in [-0.25, -0.2) is 9.97 Å². The first-order chi connectivity index (χ1) is 12.2. The summed E-state index contributed by atoms with van der Waals surface area (Å²) < 4.78 is 5.03. The first-order valence-corrected chi connectivity index (χ1v) is 8.60. The molecule has 1 aliphatic rings. The Morgan fingerprint density at radius 3 is 2.48 bits per heavy atom. The summed E-state index contributed by atoms with van der Waals surface area (Å²) in [7, 11) is 3.85. The molecule has 25 heavy (non-hydrogen) atoms. The zero-order chi connectivity index (χ0) is 17.5. The highest BCUT2D eigenvalue weighted by Gasteiger charge is 2.13. The van der Waals surface area contributed by atoms with Crippen LogP contribution in [0, 0.1) is 0 Å². The summed E-state index contributed by atoms with van der Waals surface area (Å²) in [5.74, 6) is 1.55. The van der Waals surface area contributed by atoms with Crippen LogP contribution in [0.15, 0.2) is 36.7 Å². The Morgan fingerprint density at radius 2 is 1.76 bits per heavy atom. The maximum absolute atomic E-state index is 5.03. The second-order valence-corrected chi connectivity index (χ2v) is 6.17. The summed E-state index contributed by atoms with van der Waals surface area (Å²) in [4.78, 5) is 13.3. The summed E-state index contributed by atoms with van der Waals surface area (Å²) in [6, 6.07) is 10.4. The van der Waals surface area contributed by atoms with Gasteiger partial charge in [-0.05, 0) is 31.3 Å². The van der Waals surface area contributed by atoms with E-state index in [9.17, 15) is 0 Å². The molecule has 7 heteroatoms. The highest BCUT2D eigenvalue weighted by atomic mass is 16.5. The first kappa shape index (κ1) is 17.4. The van der Waals surface area contributed by atoms with Crippen molar-refractivity contribution in [1.29, 1.82) is 0 Å².